The van der Waals surface area contributed by atoms with Crippen LogP contribution in [-0.2, 0) is 4.74 Å². The first kappa shape index (κ1) is 30.0. The highest BCUT2D eigenvalue weighted by molar-refractivity contribution is 6.30. The molecule has 2 N–H and O–H groups in total. The quantitative estimate of drug-likeness (QED) is 0.219. The van der Waals surface area contributed by atoms with E-state index in [1.165, 1.54) is 6.92 Å². The third-order valence-corrected chi connectivity index (χ3v) is 7.37. The molecular weight excluding hydrogens is 566 g/mol. The van der Waals surface area contributed by atoms with Crippen LogP contribution >= 0.6 is 11.6 Å². The van der Waals surface area contributed by atoms with Gasteiger partial charge in [0.25, 0.3) is 5.91 Å². The van der Waals surface area contributed by atoms with Crippen molar-refractivity contribution in [3.63, 3.8) is 0 Å². The SMILES string of the molecule is CC(=O)c1[nH]c([C@@H]2CCCCN2C(=O)OC(C)(C)C)nc1-c1ccc(C(=O)Nc2cc(-c3ccc(Cl)cc3)ccn2)cc1. The Bertz CT molecular complexity index is 1640. The van der Waals surface area contributed by atoms with Gasteiger partial charge < -0.3 is 15.0 Å². The van der Waals surface area contributed by atoms with Gasteiger partial charge in [0.15, 0.2) is 5.78 Å². The number of ether oxygens (including phenoxy) is 1. The van der Waals surface area contributed by atoms with Crippen LogP contribution < -0.4 is 5.32 Å². The number of benzene rings is 2. The molecule has 5 rings (SSSR count). The van der Waals surface area contributed by atoms with E-state index in [4.69, 9.17) is 21.3 Å². The summed E-state index contributed by atoms with van der Waals surface area (Å²) in [4.78, 5) is 52.6. The lowest BCUT2D eigenvalue weighted by atomic mass is 10.0. The average molecular weight is 600 g/mol. The monoisotopic (exact) mass is 599 g/mol. The fourth-order valence-electron chi connectivity index (χ4n) is 5.06. The smallest absolute Gasteiger partial charge is 0.410 e. The van der Waals surface area contributed by atoms with Gasteiger partial charge in [-0.15, -0.1) is 0 Å². The molecule has 1 atom stereocenters. The molecule has 222 valence electrons. The van der Waals surface area contributed by atoms with Gasteiger partial charge >= 0.3 is 6.09 Å². The number of likely N-dealkylation sites (tertiary alicyclic amines) is 1. The Balaban J connectivity index is 1.35. The summed E-state index contributed by atoms with van der Waals surface area (Å²) in [5.41, 5.74) is 3.14. The molecule has 1 saturated heterocycles. The van der Waals surface area contributed by atoms with E-state index in [-0.39, 0.29) is 17.7 Å². The van der Waals surface area contributed by atoms with Gasteiger partial charge in [-0.3, -0.25) is 14.5 Å². The molecule has 0 unspecified atom stereocenters. The van der Waals surface area contributed by atoms with Gasteiger partial charge in [0.1, 0.15) is 22.9 Å². The number of carbonyl (C=O) groups excluding carboxylic acids is 3. The number of Topliss-reactive ketones (excluding diaryl/α,β-unsaturated/α-hetero) is 1. The zero-order chi connectivity index (χ0) is 30.7. The second-order valence-electron chi connectivity index (χ2n) is 11.6. The van der Waals surface area contributed by atoms with E-state index in [0.29, 0.717) is 52.1 Å². The zero-order valence-corrected chi connectivity index (χ0v) is 25.4. The van der Waals surface area contributed by atoms with Gasteiger partial charge in [0, 0.05) is 35.8 Å². The molecule has 1 aliphatic rings. The minimum Gasteiger partial charge on any atom is -0.444 e. The maximum absolute atomic E-state index is 13.0. The number of amides is 2. The normalized spacial score (nSPS) is 15.2. The summed E-state index contributed by atoms with van der Waals surface area (Å²) in [5.74, 6) is 0.456. The number of nitrogens with zero attached hydrogens (tertiary/aromatic N) is 3. The first-order valence-corrected chi connectivity index (χ1v) is 14.6. The van der Waals surface area contributed by atoms with Crippen molar-refractivity contribution >= 4 is 35.2 Å². The number of pyridine rings is 1. The Morgan fingerprint density at radius 2 is 1.67 bits per heavy atom. The number of piperidine rings is 1. The summed E-state index contributed by atoms with van der Waals surface area (Å²) in [5, 5.41) is 3.49. The van der Waals surface area contributed by atoms with Gasteiger partial charge in [-0.25, -0.2) is 14.8 Å². The summed E-state index contributed by atoms with van der Waals surface area (Å²) < 4.78 is 5.64. The summed E-state index contributed by atoms with van der Waals surface area (Å²) in [7, 11) is 0. The molecule has 2 aromatic carbocycles. The van der Waals surface area contributed by atoms with Crippen LogP contribution in [-0.4, -0.2) is 49.8 Å². The summed E-state index contributed by atoms with van der Waals surface area (Å²) in [6.45, 7) is 7.53. The average Bonchev–Trinajstić information content (AvgIpc) is 3.43. The van der Waals surface area contributed by atoms with Crippen LogP contribution in [0.4, 0.5) is 10.6 Å². The summed E-state index contributed by atoms with van der Waals surface area (Å²) in [6, 6.07) is 17.6. The molecule has 1 aliphatic heterocycles. The standard InChI is InChI=1S/C33H34ClN5O4/c1-20(40)28-29(38-30(37-28)26-7-5-6-18-39(26)32(42)43-33(2,3)4)22-8-10-23(11-9-22)31(41)36-27-19-24(16-17-35-27)21-12-14-25(34)15-13-21/h8-17,19,26H,5-7,18H2,1-4H3,(H,37,38)(H,35,36,41)/t26-/m0/s1. The Labute approximate surface area is 255 Å². The largest absolute Gasteiger partial charge is 0.444 e. The maximum atomic E-state index is 13.0. The number of imidazole rings is 1. The van der Waals surface area contributed by atoms with E-state index < -0.39 is 11.7 Å². The van der Waals surface area contributed by atoms with Gasteiger partial charge in [-0.2, -0.15) is 0 Å². The van der Waals surface area contributed by atoms with Crippen molar-refractivity contribution in [2.45, 2.75) is 58.6 Å². The summed E-state index contributed by atoms with van der Waals surface area (Å²) in [6.07, 6.45) is 3.74. The molecule has 1 fully saturated rings. The molecule has 0 bridgehead atoms. The van der Waals surface area contributed by atoms with Crippen LogP contribution in [0.5, 0.6) is 0 Å². The van der Waals surface area contributed by atoms with Crippen LogP contribution in [0, 0.1) is 0 Å². The summed E-state index contributed by atoms with van der Waals surface area (Å²) >= 11 is 6.00. The number of aromatic nitrogens is 3. The Kier molecular flexibility index (Phi) is 8.64. The van der Waals surface area contributed by atoms with E-state index in [1.54, 1.807) is 41.4 Å². The topological polar surface area (TPSA) is 117 Å². The third-order valence-electron chi connectivity index (χ3n) is 7.12. The fourth-order valence-corrected chi connectivity index (χ4v) is 5.18. The van der Waals surface area contributed by atoms with Gasteiger partial charge in [-0.1, -0.05) is 35.9 Å². The van der Waals surface area contributed by atoms with Crippen LogP contribution in [0.3, 0.4) is 0 Å². The molecule has 43 heavy (non-hydrogen) atoms. The minimum absolute atomic E-state index is 0.179. The van der Waals surface area contributed by atoms with Gasteiger partial charge in [0.05, 0.1) is 11.7 Å². The van der Waals surface area contributed by atoms with Crippen LogP contribution in [0.1, 0.15) is 79.7 Å². The molecule has 0 radical (unpaired) electrons. The van der Waals surface area contributed by atoms with Crippen molar-refractivity contribution in [2.75, 3.05) is 11.9 Å². The second-order valence-corrected chi connectivity index (χ2v) is 12.0. The van der Waals surface area contributed by atoms with Gasteiger partial charge in [0.2, 0.25) is 0 Å². The number of H-pyrrole nitrogens is 1. The highest BCUT2D eigenvalue weighted by Gasteiger charge is 2.34. The first-order chi connectivity index (χ1) is 20.5. The van der Waals surface area contributed by atoms with E-state index >= 15 is 0 Å². The molecule has 0 saturated carbocycles. The Morgan fingerprint density at radius 1 is 0.977 bits per heavy atom. The van der Waals surface area contributed by atoms with E-state index in [9.17, 15) is 14.4 Å². The van der Waals surface area contributed by atoms with Crippen molar-refractivity contribution in [1.82, 2.24) is 19.9 Å². The molecule has 9 nitrogen and oxygen atoms in total. The van der Waals surface area contributed by atoms with Crippen molar-refractivity contribution in [1.29, 1.82) is 0 Å². The highest BCUT2D eigenvalue weighted by Crippen LogP contribution is 2.34. The lowest BCUT2D eigenvalue weighted by Gasteiger charge is -2.35. The first-order valence-electron chi connectivity index (χ1n) is 14.2. The molecular formula is C33H34ClN5O4. The van der Waals surface area contributed by atoms with E-state index in [1.807, 2.05) is 51.1 Å². The number of nitrogens with one attached hydrogen (secondary N) is 2. The number of hydrogen-bond donors (Lipinski definition) is 2. The zero-order valence-electron chi connectivity index (χ0n) is 24.6. The number of halogens is 1. The molecule has 2 amide bonds. The number of ketones is 1. The third kappa shape index (κ3) is 7.11. The fraction of sp³-hybridized carbons (Fsp3) is 0.303. The predicted molar refractivity (Wildman–Crippen MR) is 166 cm³/mol. The molecule has 0 aliphatic carbocycles. The number of anilines is 1. The highest BCUT2D eigenvalue weighted by atomic mass is 35.5. The molecule has 10 heteroatoms. The van der Waals surface area contributed by atoms with Crippen LogP contribution in [0.15, 0.2) is 66.9 Å². The molecule has 0 spiro atoms. The number of hydrogen-bond acceptors (Lipinski definition) is 6. The van der Waals surface area contributed by atoms with Crippen molar-refractivity contribution in [3.05, 3.63) is 89.0 Å². The lowest BCUT2D eigenvalue weighted by Crippen LogP contribution is -2.42. The Hall–Kier alpha value is -4.50. The van der Waals surface area contributed by atoms with E-state index in [0.717, 1.165) is 24.0 Å². The number of rotatable bonds is 6. The van der Waals surface area contributed by atoms with Crippen LogP contribution in [0.25, 0.3) is 22.4 Å². The molecule has 2 aromatic heterocycles. The van der Waals surface area contributed by atoms with Crippen LogP contribution in [0.2, 0.25) is 5.02 Å². The van der Waals surface area contributed by atoms with Crippen molar-refractivity contribution < 1.29 is 19.1 Å². The molecule has 3 heterocycles. The minimum atomic E-state index is -0.623. The lowest BCUT2D eigenvalue weighted by molar-refractivity contribution is 0.00853. The number of carbonyl (C=O) groups is 3. The van der Waals surface area contributed by atoms with E-state index in [2.05, 4.69) is 15.3 Å². The molecule has 4 aromatic rings. The number of aromatic amines is 1. The van der Waals surface area contributed by atoms with Crippen molar-refractivity contribution in [2.24, 2.45) is 0 Å². The van der Waals surface area contributed by atoms with Crippen molar-refractivity contribution in [3.8, 4) is 22.4 Å². The second kappa shape index (κ2) is 12.4. The Morgan fingerprint density at radius 3 is 2.35 bits per heavy atom. The van der Waals surface area contributed by atoms with Gasteiger partial charge in [-0.05, 0) is 87.6 Å². The maximum Gasteiger partial charge on any atom is 0.410 e. The predicted octanol–water partition coefficient (Wildman–Crippen LogP) is 7.71.